The molecule has 1 aliphatic rings. The van der Waals surface area contributed by atoms with Gasteiger partial charge in [0.05, 0.1) is 28.0 Å². The number of hydrogen-bond acceptors (Lipinski definition) is 4. The van der Waals surface area contributed by atoms with Crippen LogP contribution < -0.4 is 11.3 Å². The SMILES string of the molecule is CCn1nc(C)c(Br)c1CC(NN)C1CCCCO1. The van der Waals surface area contributed by atoms with Crippen LogP contribution in [0.3, 0.4) is 0 Å². The van der Waals surface area contributed by atoms with Crippen molar-refractivity contribution in [2.24, 2.45) is 5.84 Å². The monoisotopic (exact) mass is 330 g/mol. The van der Waals surface area contributed by atoms with Crippen LogP contribution in [0.2, 0.25) is 0 Å². The van der Waals surface area contributed by atoms with Gasteiger partial charge in [-0.05, 0) is 49.0 Å². The maximum atomic E-state index is 5.84. The van der Waals surface area contributed by atoms with E-state index in [1.165, 1.54) is 12.1 Å². The van der Waals surface area contributed by atoms with Gasteiger partial charge in [-0.3, -0.25) is 16.0 Å². The van der Waals surface area contributed by atoms with E-state index in [9.17, 15) is 0 Å². The van der Waals surface area contributed by atoms with Gasteiger partial charge in [0.25, 0.3) is 0 Å². The molecule has 1 saturated heterocycles. The summed E-state index contributed by atoms with van der Waals surface area (Å²) in [4.78, 5) is 0. The molecule has 2 rings (SSSR count). The molecule has 0 aliphatic carbocycles. The molecule has 0 aromatic carbocycles. The third-order valence-electron chi connectivity index (χ3n) is 3.74. The Kier molecular flexibility index (Phi) is 5.38. The van der Waals surface area contributed by atoms with Crippen LogP contribution in [0.4, 0.5) is 0 Å². The predicted molar refractivity (Wildman–Crippen MR) is 78.7 cm³/mol. The van der Waals surface area contributed by atoms with Crippen LogP contribution >= 0.6 is 15.9 Å². The lowest BCUT2D eigenvalue weighted by atomic mass is 9.98. The summed E-state index contributed by atoms with van der Waals surface area (Å²) in [5.41, 5.74) is 5.14. The molecule has 2 atom stereocenters. The summed E-state index contributed by atoms with van der Waals surface area (Å²) in [5, 5.41) is 4.52. The summed E-state index contributed by atoms with van der Waals surface area (Å²) in [6, 6.07) is 0.137. The Bertz CT molecular complexity index is 415. The fourth-order valence-corrected chi connectivity index (χ4v) is 3.10. The summed E-state index contributed by atoms with van der Waals surface area (Å²) in [7, 11) is 0. The van der Waals surface area contributed by atoms with Crippen LogP contribution in [0, 0.1) is 6.92 Å². The molecule has 0 spiro atoms. The minimum absolute atomic E-state index is 0.137. The van der Waals surface area contributed by atoms with Gasteiger partial charge in [-0.2, -0.15) is 5.10 Å². The second-order valence-corrected chi connectivity index (χ2v) is 5.84. The topological polar surface area (TPSA) is 65.1 Å². The van der Waals surface area contributed by atoms with Crippen LogP contribution in [0.25, 0.3) is 0 Å². The summed E-state index contributed by atoms with van der Waals surface area (Å²) in [5.74, 6) is 5.72. The molecule has 1 aromatic heterocycles. The quantitative estimate of drug-likeness (QED) is 0.639. The number of nitrogens with zero attached hydrogens (tertiary/aromatic N) is 2. The van der Waals surface area contributed by atoms with Gasteiger partial charge in [-0.25, -0.2) is 0 Å². The van der Waals surface area contributed by atoms with Crippen LogP contribution in [0.15, 0.2) is 4.47 Å². The van der Waals surface area contributed by atoms with Crippen molar-refractivity contribution in [3.8, 4) is 0 Å². The van der Waals surface area contributed by atoms with Crippen molar-refractivity contribution in [2.75, 3.05) is 6.61 Å². The maximum Gasteiger partial charge on any atom is 0.0745 e. The van der Waals surface area contributed by atoms with Crippen molar-refractivity contribution >= 4 is 15.9 Å². The van der Waals surface area contributed by atoms with Gasteiger partial charge in [-0.1, -0.05) is 0 Å². The molecule has 0 bridgehead atoms. The Labute approximate surface area is 123 Å². The number of nitrogens with two attached hydrogens (primary N) is 1. The fourth-order valence-electron chi connectivity index (χ4n) is 2.65. The van der Waals surface area contributed by atoms with E-state index in [0.29, 0.717) is 0 Å². The van der Waals surface area contributed by atoms with E-state index in [1.807, 2.05) is 11.6 Å². The molecule has 1 aliphatic heterocycles. The Morgan fingerprint density at radius 3 is 2.95 bits per heavy atom. The molecular formula is C13H23BrN4O. The highest BCUT2D eigenvalue weighted by atomic mass is 79.9. The van der Waals surface area contributed by atoms with Gasteiger partial charge in [-0.15, -0.1) is 0 Å². The third-order valence-corrected chi connectivity index (χ3v) is 4.78. The van der Waals surface area contributed by atoms with Gasteiger partial charge in [0.1, 0.15) is 0 Å². The lowest BCUT2D eigenvalue weighted by molar-refractivity contribution is -0.00784. The molecule has 1 aromatic rings. The summed E-state index contributed by atoms with van der Waals surface area (Å²) >= 11 is 3.63. The molecule has 2 heterocycles. The number of ether oxygens (including phenoxy) is 1. The fraction of sp³-hybridized carbons (Fsp3) is 0.769. The van der Waals surface area contributed by atoms with Crippen LogP contribution in [0.1, 0.15) is 37.6 Å². The minimum atomic E-state index is 0.137. The van der Waals surface area contributed by atoms with Crippen molar-refractivity contribution in [1.29, 1.82) is 0 Å². The normalized spacial score (nSPS) is 21.6. The van der Waals surface area contributed by atoms with E-state index in [2.05, 4.69) is 33.4 Å². The highest BCUT2D eigenvalue weighted by Crippen LogP contribution is 2.25. The Morgan fingerprint density at radius 1 is 1.58 bits per heavy atom. The summed E-state index contributed by atoms with van der Waals surface area (Å²) < 4.78 is 8.96. The zero-order chi connectivity index (χ0) is 13.8. The smallest absolute Gasteiger partial charge is 0.0745 e. The van der Waals surface area contributed by atoms with Gasteiger partial charge < -0.3 is 4.74 Å². The first kappa shape index (κ1) is 15.0. The molecule has 5 nitrogen and oxygen atoms in total. The van der Waals surface area contributed by atoms with E-state index in [1.54, 1.807) is 0 Å². The Morgan fingerprint density at radius 2 is 2.37 bits per heavy atom. The molecule has 0 saturated carbocycles. The van der Waals surface area contributed by atoms with E-state index in [0.717, 1.165) is 42.6 Å². The Hall–Kier alpha value is -0.430. The first-order chi connectivity index (χ1) is 9.17. The number of halogens is 1. The van der Waals surface area contributed by atoms with Gasteiger partial charge in [0.15, 0.2) is 0 Å². The largest absolute Gasteiger partial charge is 0.377 e. The molecular weight excluding hydrogens is 308 g/mol. The Balaban J connectivity index is 2.13. The van der Waals surface area contributed by atoms with Crippen LogP contribution in [-0.4, -0.2) is 28.5 Å². The zero-order valence-corrected chi connectivity index (χ0v) is 13.2. The number of nitrogens with one attached hydrogen (secondary N) is 1. The van der Waals surface area contributed by atoms with Crippen molar-refractivity contribution < 1.29 is 4.74 Å². The molecule has 3 N–H and O–H groups in total. The number of aromatic nitrogens is 2. The van der Waals surface area contributed by atoms with E-state index >= 15 is 0 Å². The first-order valence-electron chi connectivity index (χ1n) is 6.96. The van der Waals surface area contributed by atoms with Crippen molar-refractivity contribution in [3.05, 3.63) is 15.9 Å². The number of aryl methyl sites for hydroxylation is 2. The number of hydrogen-bond donors (Lipinski definition) is 2. The molecule has 1 fully saturated rings. The van der Waals surface area contributed by atoms with E-state index < -0.39 is 0 Å². The second kappa shape index (κ2) is 6.83. The first-order valence-corrected chi connectivity index (χ1v) is 7.76. The zero-order valence-electron chi connectivity index (χ0n) is 11.7. The molecule has 19 heavy (non-hydrogen) atoms. The van der Waals surface area contributed by atoms with E-state index in [-0.39, 0.29) is 12.1 Å². The van der Waals surface area contributed by atoms with Gasteiger partial charge >= 0.3 is 0 Å². The summed E-state index contributed by atoms with van der Waals surface area (Å²) in [6.45, 7) is 5.83. The van der Waals surface area contributed by atoms with Gasteiger partial charge in [0, 0.05) is 19.6 Å². The highest BCUT2D eigenvalue weighted by molar-refractivity contribution is 9.10. The van der Waals surface area contributed by atoms with E-state index in [4.69, 9.17) is 10.6 Å². The average molecular weight is 331 g/mol. The van der Waals surface area contributed by atoms with Gasteiger partial charge in [0.2, 0.25) is 0 Å². The average Bonchev–Trinajstić information content (AvgIpc) is 2.72. The lowest BCUT2D eigenvalue weighted by Gasteiger charge is -2.30. The van der Waals surface area contributed by atoms with Crippen LogP contribution in [0.5, 0.6) is 0 Å². The minimum Gasteiger partial charge on any atom is -0.377 e. The highest BCUT2D eigenvalue weighted by Gasteiger charge is 2.26. The lowest BCUT2D eigenvalue weighted by Crippen LogP contribution is -2.48. The number of rotatable bonds is 5. The van der Waals surface area contributed by atoms with Crippen molar-refractivity contribution in [2.45, 2.75) is 58.2 Å². The molecule has 0 radical (unpaired) electrons. The molecule has 108 valence electrons. The summed E-state index contributed by atoms with van der Waals surface area (Å²) in [6.07, 6.45) is 4.48. The molecule has 0 amide bonds. The van der Waals surface area contributed by atoms with Crippen LogP contribution in [-0.2, 0) is 17.7 Å². The standard InChI is InChI=1S/C13H23BrN4O/c1-3-18-11(13(14)9(2)17-18)8-10(16-15)12-6-4-5-7-19-12/h10,12,16H,3-8,15H2,1-2H3. The third kappa shape index (κ3) is 3.37. The maximum absolute atomic E-state index is 5.84. The van der Waals surface area contributed by atoms with Crippen molar-refractivity contribution in [1.82, 2.24) is 15.2 Å². The molecule has 6 heteroatoms. The molecule has 2 unspecified atom stereocenters. The second-order valence-electron chi connectivity index (χ2n) is 5.04. The predicted octanol–water partition coefficient (Wildman–Crippen LogP) is 1.92. The number of hydrazine groups is 1. The van der Waals surface area contributed by atoms with Crippen molar-refractivity contribution in [3.63, 3.8) is 0 Å².